The lowest BCUT2D eigenvalue weighted by atomic mass is 10.1. The molecule has 1 heterocycles. The normalized spacial score (nSPS) is 10.9. The molecular formula is C19H23ClFN3O3. The molecule has 0 bridgehead atoms. The van der Waals surface area contributed by atoms with Gasteiger partial charge in [-0.05, 0) is 38.0 Å². The van der Waals surface area contributed by atoms with E-state index in [4.69, 9.17) is 16.3 Å². The maximum atomic E-state index is 13.1. The molecule has 6 nitrogen and oxygen atoms in total. The van der Waals surface area contributed by atoms with E-state index in [2.05, 4.69) is 24.3 Å². The number of benzene rings is 1. The summed E-state index contributed by atoms with van der Waals surface area (Å²) in [6.07, 6.45) is 0.0470. The van der Waals surface area contributed by atoms with Crippen LogP contribution in [0.5, 0.6) is 0 Å². The number of esters is 1. The van der Waals surface area contributed by atoms with E-state index in [-0.39, 0.29) is 11.4 Å². The molecule has 1 amide bonds. The summed E-state index contributed by atoms with van der Waals surface area (Å²) in [5.74, 6) is -1.19. The second-order valence-electron chi connectivity index (χ2n) is 6.74. The maximum absolute atomic E-state index is 13.1. The molecule has 0 spiro atoms. The fourth-order valence-corrected chi connectivity index (χ4v) is 2.81. The molecular weight excluding hydrogens is 373 g/mol. The van der Waals surface area contributed by atoms with Crippen LogP contribution in [0.2, 0.25) is 5.02 Å². The highest BCUT2D eigenvalue weighted by Crippen LogP contribution is 2.19. The number of hydrogen-bond acceptors (Lipinski definition) is 4. The Labute approximate surface area is 162 Å². The number of carbonyl (C=O) groups is 2. The summed E-state index contributed by atoms with van der Waals surface area (Å²) in [6, 6.07) is 3.80. The van der Waals surface area contributed by atoms with Crippen LogP contribution in [0.1, 0.15) is 30.8 Å². The molecule has 2 aromatic rings. The van der Waals surface area contributed by atoms with Crippen LogP contribution >= 0.6 is 11.6 Å². The molecule has 0 atom stereocenters. The molecule has 2 rings (SSSR count). The molecule has 1 aromatic heterocycles. The van der Waals surface area contributed by atoms with Crippen molar-refractivity contribution in [1.82, 2.24) is 9.78 Å². The van der Waals surface area contributed by atoms with Crippen LogP contribution in [-0.2, 0) is 27.3 Å². The van der Waals surface area contributed by atoms with Gasteiger partial charge in [-0.25, -0.2) is 4.39 Å². The minimum absolute atomic E-state index is 0.0470. The number of ether oxygens (including phenoxy) is 1. The number of nitrogens with zero attached hydrogens (tertiary/aromatic N) is 2. The highest BCUT2D eigenvalue weighted by atomic mass is 35.5. The average Bonchev–Trinajstić information content (AvgIpc) is 2.83. The highest BCUT2D eigenvalue weighted by Gasteiger charge is 2.17. The smallest absolute Gasteiger partial charge is 0.310 e. The zero-order chi connectivity index (χ0) is 20.1. The number of anilines is 1. The summed E-state index contributed by atoms with van der Waals surface area (Å²) in [6.45, 7) is 8.28. The standard InChI is InChI=1S/C19H23ClFN3O3/c1-11(2)9-24-13(4)15(12(3)23-24)8-19(26)27-10-18(25)22-14-5-6-17(21)16(20)7-14/h5-7,11H,8-10H2,1-4H3,(H,22,25). The molecule has 8 heteroatoms. The maximum Gasteiger partial charge on any atom is 0.310 e. The van der Waals surface area contributed by atoms with Crippen molar-refractivity contribution < 1.29 is 18.7 Å². The van der Waals surface area contributed by atoms with E-state index in [1.807, 2.05) is 18.5 Å². The van der Waals surface area contributed by atoms with Gasteiger partial charge in [-0.2, -0.15) is 5.10 Å². The second kappa shape index (κ2) is 8.99. The van der Waals surface area contributed by atoms with Crippen molar-refractivity contribution in [2.45, 2.75) is 40.7 Å². The van der Waals surface area contributed by atoms with Gasteiger partial charge in [0.25, 0.3) is 5.91 Å². The summed E-state index contributed by atoms with van der Waals surface area (Å²) in [4.78, 5) is 24.0. The van der Waals surface area contributed by atoms with Gasteiger partial charge in [0.1, 0.15) is 5.82 Å². The molecule has 0 fully saturated rings. The van der Waals surface area contributed by atoms with Gasteiger partial charge in [-0.3, -0.25) is 14.3 Å². The minimum Gasteiger partial charge on any atom is -0.455 e. The van der Waals surface area contributed by atoms with Crippen LogP contribution in [0, 0.1) is 25.6 Å². The van der Waals surface area contributed by atoms with Gasteiger partial charge in [-0.15, -0.1) is 0 Å². The predicted octanol–water partition coefficient (Wildman–Crippen LogP) is 3.67. The van der Waals surface area contributed by atoms with E-state index >= 15 is 0 Å². The minimum atomic E-state index is -0.579. The number of aryl methyl sites for hydroxylation is 1. The van der Waals surface area contributed by atoms with Gasteiger partial charge in [-0.1, -0.05) is 25.4 Å². The molecule has 27 heavy (non-hydrogen) atoms. The summed E-state index contributed by atoms with van der Waals surface area (Å²) in [5.41, 5.74) is 2.83. The number of hydrogen-bond donors (Lipinski definition) is 1. The molecule has 0 aliphatic carbocycles. The Kier molecular flexibility index (Phi) is 6.96. The Morgan fingerprint density at radius 2 is 2.04 bits per heavy atom. The van der Waals surface area contributed by atoms with E-state index in [9.17, 15) is 14.0 Å². The molecule has 1 aromatic carbocycles. The third kappa shape index (κ3) is 5.79. The fourth-order valence-electron chi connectivity index (χ4n) is 2.63. The van der Waals surface area contributed by atoms with Crippen LogP contribution in [0.25, 0.3) is 0 Å². The van der Waals surface area contributed by atoms with Crippen LogP contribution in [0.15, 0.2) is 18.2 Å². The molecule has 146 valence electrons. The first-order valence-electron chi connectivity index (χ1n) is 8.60. The van der Waals surface area contributed by atoms with Crippen molar-refractivity contribution in [3.8, 4) is 0 Å². The molecule has 1 N–H and O–H groups in total. The van der Waals surface area contributed by atoms with Crippen LogP contribution < -0.4 is 5.32 Å². The first-order valence-corrected chi connectivity index (χ1v) is 8.98. The number of nitrogens with one attached hydrogen (secondary N) is 1. The van der Waals surface area contributed by atoms with Gasteiger partial charge >= 0.3 is 5.97 Å². The van der Waals surface area contributed by atoms with E-state index in [0.717, 1.165) is 29.6 Å². The van der Waals surface area contributed by atoms with Gasteiger partial charge in [0.15, 0.2) is 6.61 Å². The van der Waals surface area contributed by atoms with Crippen LogP contribution in [0.4, 0.5) is 10.1 Å². The summed E-state index contributed by atoms with van der Waals surface area (Å²) < 4.78 is 20.0. The number of carbonyl (C=O) groups excluding carboxylic acids is 2. The third-order valence-corrected chi connectivity index (χ3v) is 4.25. The summed E-state index contributed by atoms with van der Waals surface area (Å²) in [7, 11) is 0. The molecule has 0 radical (unpaired) electrons. The van der Waals surface area contributed by atoms with Crippen molar-refractivity contribution in [1.29, 1.82) is 0 Å². The zero-order valence-corrected chi connectivity index (χ0v) is 16.6. The van der Waals surface area contributed by atoms with E-state index in [1.54, 1.807) is 0 Å². The lowest BCUT2D eigenvalue weighted by Crippen LogP contribution is -2.22. The summed E-state index contributed by atoms with van der Waals surface area (Å²) in [5, 5.41) is 6.85. The monoisotopic (exact) mass is 395 g/mol. The van der Waals surface area contributed by atoms with Gasteiger partial charge in [0.2, 0.25) is 0 Å². The lowest BCUT2D eigenvalue weighted by molar-refractivity contribution is -0.146. The Morgan fingerprint density at radius 3 is 2.67 bits per heavy atom. The Hall–Kier alpha value is -2.41. The Morgan fingerprint density at radius 1 is 1.33 bits per heavy atom. The van der Waals surface area contributed by atoms with E-state index in [1.165, 1.54) is 12.1 Å². The van der Waals surface area contributed by atoms with E-state index < -0.39 is 24.3 Å². The molecule has 0 unspecified atom stereocenters. The lowest BCUT2D eigenvalue weighted by Gasteiger charge is -2.09. The van der Waals surface area contributed by atoms with Gasteiger partial charge in [0.05, 0.1) is 17.1 Å². The first kappa shape index (κ1) is 20.9. The zero-order valence-electron chi connectivity index (χ0n) is 15.8. The number of halogens is 2. The summed E-state index contributed by atoms with van der Waals surface area (Å²) >= 11 is 5.66. The number of rotatable bonds is 7. The van der Waals surface area contributed by atoms with Gasteiger partial charge < -0.3 is 10.1 Å². The SMILES string of the molecule is Cc1nn(CC(C)C)c(C)c1CC(=O)OCC(=O)Nc1ccc(F)c(Cl)c1. The molecule has 0 aliphatic rings. The second-order valence-corrected chi connectivity index (χ2v) is 7.15. The number of aromatic nitrogens is 2. The largest absolute Gasteiger partial charge is 0.455 e. The first-order chi connectivity index (χ1) is 12.7. The van der Waals surface area contributed by atoms with Crippen LogP contribution in [-0.4, -0.2) is 28.3 Å². The van der Waals surface area contributed by atoms with Crippen molar-refractivity contribution in [3.05, 3.63) is 46.0 Å². The molecule has 0 aliphatic heterocycles. The van der Waals surface area contributed by atoms with Crippen LogP contribution in [0.3, 0.4) is 0 Å². The topological polar surface area (TPSA) is 73.2 Å². The molecule has 0 saturated carbocycles. The molecule has 0 saturated heterocycles. The van der Waals surface area contributed by atoms with Crippen molar-refractivity contribution >= 4 is 29.2 Å². The Bertz CT molecular complexity index is 849. The number of amides is 1. The van der Waals surface area contributed by atoms with Gasteiger partial charge in [0, 0.05) is 23.5 Å². The van der Waals surface area contributed by atoms with Crippen molar-refractivity contribution in [2.24, 2.45) is 5.92 Å². The fraction of sp³-hybridized carbons (Fsp3) is 0.421. The average molecular weight is 396 g/mol. The highest BCUT2D eigenvalue weighted by molar-refractivity contribution is 6.31. The third-order valence-electron chi connectivity index (χ3n) is 3.96. The Balaban J connectivity index is 1.89. The quantitative estimate of drug-likeness (QED) is 0.726. The van der Waals surface area contributed by atoms with Crippen molar-refractivity contribution in [2.75, 3.05) is 11.9 Å². The van der Waals surface area contributed by atoms with E-state index in [0.29, 0.717) is 11.6 Å². The predicted molar refractivity (Wildman–Crippen MR) is 101 cm³/mol. The van der Waals surface area contributed by atoms with Crippen molar-refractivity contribution in [3.63, 3.8) is 0 Å².